The van der Waals surface area contributed by atoms with E-state index in [1.807, 2.05) is 0 Å². The molecular formula is C18H35NO. The summed E-state index contributed by atoms with van der Waals surface area (Å²) in [5, 5.41) is 3.59. The van der Waals surface area contributed by atoms with Crippen LogP contribution in [0.3, 0.4) is 0 Å². The quantitative estimate of drug-likeness (QED) is 0.753. The van der Waals surface area contributed by atoms with Gasteiger partial charge >= 0.3 is 0 Å². The van der Waals surface area contributed by atoms with Gasteiger partial charge in [-0.25, -0.2) is 0 Å². The molecule has 0 atom stereocenters. The fourth-order valence-electron chi connectivity index (χ4n) is 3.59. The van der Waals surface area contributed by atoms with Crippen molar-refractivity contribution in [3.05, 3.63) is 0 Å². The molecule has 0 bridgehead atoms. The first-order chi connectivity index (χ1) is 9.45. The molecule has 2 rings (SSSR count). The SMILES string of the molecule is CCNCC1(COCC2CC2)CCC(C(C)(C)C)CC1. The van der Waals surface area contributed by atoms with Gasteiger partial charge in [0.1, 0.15) is 0 Å². The van der Waals surface area contributed by atoms with Gasteiger partial charge in [-0.05, 0) is 62.3 Å². The Hall–Kier alpha value is -0.0800. The molecule has 2 saturated carbocycles. The molecule has 2 nitrogen and oxygen atoms in total. The third-order valence-corrected chi connectivity index (χ3v) is 5.48. The van der Waals surface area contributed by atoms with Crippen molar-refractivity contribution in [3.8, 4) is 0 Å². The molecule has 0 aromatic rings. The molecule has 2 heteroatoms. The zero-order valence-electron chi connectivity index (χ0n) is 14.1. The molecule has 0 unspecified atom stereocenters. The van der Waals surface area contributed by atoms with Crippen LogP contribution in [-0.4, -0.2) is 26.3 Å². The van der Waals surface area contributed by atoms with Crippen LogP contribution in [0.4, 0.5) is 0 Å². The molecule has 2 aliphatic rings. The lowest BCUT2D eigenvalue weighted by Crippen LogP contribution is -2.43. The number of hydrogen-bond donors (Lipinski definition) is 1. The summed E-state index contributed by atoms with van der Waals surface area (Å²) >= 11 is 0. The molecule has 0 aromatic heterocycles. The van der Waals surface area contributed by atoms with Crippen LogP contribution < -0.4 is 5.32 Å². The summed E-state index contributed by atoms with van der Waals surface area (Å²) in [6, 6.07) is 0. The van der Waals surface area contributed by atoms with E-state index in [2.05, 4.69) is 33.0 Å². The average molecular weight is 281 g/mol. The lowest BCUT2D eigenvalue weighted by molar-refractivity contribution is -0.00601. The number of ether oxygens (including phenoxy) is 1. The Morgan fingerprint density at radius 3 is 2.25 bits per heavy atom. The lowest BCUT2D eigenvalue weighted by Gasteiger charge is -2.44. The lowest BCUT2D eigenvalue weighted by atomic mass is 9.64. The average Bonchev–Trinajstić information content (AvgIpc) is 3.20. The van der Waals surface area contributed by atoms with E-state index in [-0.39, 0.29) is 0 Å². The second kappa shape index (κ2) is 6.79. The van der Waals surface area contributed by atoms with Crippen LogP contribution in [0.5, 0.6) is 0 Å². The molecule has 0 spiro atoms. The van der Waals surface area contributed by atoms with Crippen LogP contribution in [0.25, 0.3) is 0 Å². The number of hydrogen-bond acceptors (Lipinski definition) is 2. The molecule has 20 heavy (non-hydrogen) atoms. The second-order valence-corrected chi connectivity index (χ2v) is 8.38. The first-order valence-corrected chi connectivity index (χ1v) is 8.74. The third kappa shape index (κ3) is 4.73. The van der Waals surface area contributed by atoms with Gasteiger partial charge in [0.05, 0.1) is 6.61 Å². The molecule has 1 N–H and O–H groups in total. The standard InChI is InChI=1S/C18H35NO/c1-5-19-13-18(14-20-12-15-6-7-15)10-8-16(9-11-18)17(2,3)4/h15-16,19H,5-14H2,1-4H3. The summed E-state index contributed by atoms with van der Waals surface area (Å²) < 4.78 is 6.08. The fourth-order valence-corrected chi connectivity index (χ4v) is 3.59. The largest absolute Gasteiger partial charge is 0.381 e. The normalized spacial score (nSPS) is 31.5. The van der Waals surface area contributed by atoms with Crippen molar-refractivity contribution in [2.75, 3.05) is 26.3 Å². The monoisotopic (exact) mass is 281 g/mol. The molecule has 0 saturated heterocycles. The van der Waals surface area contributed by atoms with Crippen LogP contribution >= 0.6 is 0 Å². The Balaban J connectivity index is 1.83. The summed E-state index contributed by atoms with van der Waals surface area (Å²) in [5.74, 6) is 1.78. The van der Waals surface area contributed by atoms with Gasteiger partial charge in [0.15, 0.2) is 0 Å². The molecule has 0 aromatic carbocycles. The van der Waals surface area contributed by atoms with Crippen molar-refractivity contribution in [2.24, 2.45) is 22.7 Å². The predicted octanol–water partition coefficient (Wildman–Crippen LogP) is 4.25. The van der Waals surface area contributed by atoms with Gasteiger partial charge in [-0.1, -0.05) is 27.7 Å². The zero-order valence-corrected chi connectivity index (χ0v) is 14.1. The molecular weight excluding hydrogens is 246 g/mol. The van der Waals surface area contributed by atoms with Gasteiger partial charge in [-0.15, -0.1) is 0 Å². The van der Waals surface area contributed by atoms with E-state index in [9.17, 15) is 0 Å². The second-order valence-electron chi connectivity index (χ2n) is 8.38. The minimum Gasteiger partial charge on any atom is -0.381 e. The van der Waals surface area contributed by atoms with E-state index >= 15 is 0 Å². The first-order valence-electron chi connectivity index (χ1n) is 8.74. The van der Waals surface area contributed by atoms with Crippen LogP contribution in [0.15, 0.2) is 0 Å². The molecule has 2 fully saturated rings. The van der Waals surface area contributed by atoms with Gasteiger partial charge in [0, 0.05) is 18.6 Å². The minimum atomic E-state index is 0.409. The van der Waals surface area contributed by atoms with E-state index in [1.165, 1.54) is 38.5 Å². The van der Waals surface area contributed by atoms with Gasteiger partial charge in [-0.2, -0.15) is 0 Å². The van der Waals surface area contributed by atoms with Crippen molar-refractivity contribution in [1.29, 1.82) is 0 Å². The van der Waals surface area contributed by atoms with Crippen molar-refractivity contribution in [1.82, 2.24) is 5.32 Å². The van der Waals surface area contributed by atoms with Gasteiger partial charge in [-0.3, -0.25) is 0 Å². The predicted molar refractivity (Wildman–Crippen MR) is 85.9 cm³/mol. The van der Waals surface area contributed by atoms with Crippen molar-refractivity contribution >= 4 is 0 Å². The molecule has 118 valence electrons. The Bertz CT molecular complexity index is 282. The summed E-state index contributed by atoms with van der Waals surface area (Å²) in [7, 11) is 0. The van der Waals surface area contributed by atoms with Crippen LogP contribution in [0.1, 0.15) is 66.2 Å². The maximum absolute atomic E-state index is 6.08. The smallest absolute Gasteiger partial charge is 0.0534 e. The Morgan fingerprint density at radius 2 is 1.75 bits per heavy atom. The van der Waals surface area contributed by atoms with Crippen LogP contribution in [-0.2, 0) is 4.74 Å². The topological polar surface area (TPSA) is 21.3 Å². The minimum absolute atomic E-state index is 0.409. The Kier molecular flexibility index (Phi) is 5.53. The zero-order chi connectivity index (χ0) is 14.6. The maximum Gasteiger partial charge on any atom is 0.0534 e. The summed E-state index contributed by atoms with van der Waals surface area (Å²) in [4.78, 5) is 0. The highest BCUT2D eigenvalue weighted by Gasteiger charge is 2.39. The van der Waals surface area contributed by atoms with E-state index in [0.29, 0.717) is 10.8 Å². The molecule has 0 radical (unpaired) electrons. The number of nitrogens with one attached hydrogen (secondary N) is 1. The molecule has 0 heterocycles. The molecule has 0 amide bonds. The van der Waals surface area contributed by atoms with Gasteiger partial charge in [0.2, 0.25) is 0 Å². The first kappa shape index (κ1) is 16.3. The highest BCUT2D eigenvalue weighted by atomic mass is 16.5. The van der Waals surface area contributed by atoms with Crippen molar-refractivity contribution in [2.45, 2.75) is 66.2 Å². The maximum atomic E-state index is 6.08. The summed E-state index contributed by atoms with van der Waals surface area (Å²) in [5.41, 5.74) is 0.881. The van der Waals surface area contributed by atoms with Gasteiger partial charge < -0.3 is 10.1 Å². The van der Waals surface area contributed by atoms with Gasteiger partial charge in [0.25, 0.3) is 0 Å². The number of rotatable bonds is 7. The van der Waals surface area contributed by atoms with Crippen molar-refractivity contribution < 1.29 is 4.74 Å². The summed E-state index contributed by atoms with van der Waals surface area (Å²) in [6.45, 7) is 13.6. The van der Waals surface area contributed by atoms with E-state index in [4.69, 9.17) is 4.74 Å². The van der Waals surface area contributed by atoms with E-state index < -0.39 is 0 Å². The van der Waals surface area contributed by atoms with E-state index in [1.54, 1.807) is 0 Å². The third-order valence-electron chi connectivity index (χ3n) is 5.48. The highest BCUT2D eigenvalue weighted by Crippen LogP contribution is 2.45. The van der Waals surface area contributed by atoms with Crippen molar-refractivity contribution in [3.63, 3.8) is 0 Å². The molecule has 2 aliphatic carbocycles. The Morgan fingerprint density at radius 1 is 1.10 bits per heavy atom. The van der Waals surface area contributed by atoms with Crippen LogP contribution in [0.2, 0.25) is 0 Å². The van der Waals surface area contributed by atoms with Crippen LogP contribution in [0, 0.1) is 22.7 Å². The fraction of sp³-hybridized carbons (Fsp3) is 1.00. The van der Waals surface area contributed by atoms with E-state index in [0.717, 1.165) is 38.1 Å². The Labute approximate surface area is 126 Å². The molecule has 0 aliphatic heterocycles. The summed E-state index contributed by atoms with van der Waals surface area (Å²) in [6.07, 6.45) is 8.22. The highest BCUT2D eigenvalue weighted by molar-refractivity contribution is 4.90.